The van der Waals surface area contributed by atoms with Crippen LogP contribution in [0.5, 0.6) is 0 Å². The lowest BCUT2D eigenvalue weighted by Crippen LogP contribution is -2.50. The number of hydrogen-bond donors (Lipinski definition) is 0. The summed E-state index contributed by atoms with van der Waals surface area (Å²) in [7, 11) is 0. The van der Waals surface area contributed by atoms with Crippen molar-refractivity contribution in [1.29, 1.82) is 0 Å². The fraction of sp³-hybridized carbons (Fsp3) is 0.778. The van der Waals surface area contributed by atoms with Crippen LogP contribution < -0.4 is 0 Å². The minimum Gasteiger partial charge on any atom is -0.444 e. The van der Waals surface area contributed by atoms with Gasteiger partial charge in [0.25, 0.3) is 5.91 Å². The smallest absolute Gasteiger partial charge is 0.410 e. The van der Waals surface area contributed by atoms with Crippen molar-refractivity contribution >= 4 is 12.0 Å². The summed E-state index contributed by atoms with van der Waals surface area (Å²) in [4.78, 5) is 29.0. The van der Waals surface area contributed by atoms with Gasteiger partial charge in [0.2, 0.25) is 5.82 Å². The standard InChI is InChI=1S/C18H29N5O3/c1-17(2,3)26-16(25)23-11-10-22-13(12-18(23,4)5)19-20-14(22)15(24)21-8-6-7-9-21/h6-12H2,1-5H3. The van der Waals surface area contributed by atoms with E-state index in [1.54, 1.807) is 4.90 Å². The average Bonchev–Trinajstić information content (AvgIpc) is 3.12. The maximum atomic E-state index is 12.8. The van der Waals surface area contributed by atoms with Crippen LogP contribution in [0.1, 0.15) is 63.9 Å². The van der Waals surface area contributed by atoms with E-state index in [1.165, 1.54) is 0 Å². The first kappa shape index (κ1) is 18.7. The number of aromatic nitrogens is 3. The predicted octanol–water partition coefficient (Wildman–Crippen LogP) is 2.09. The molecule has 0 unspecified atom stereocenters. The summed E-state index contributed by atoms with van der Waals surface area (Å²) in [6, 6.07) is 0. The molecule has 3 heterocycles. The van der Waals surface area contributed by atoms with E-state index in [2.05, 4.69) is 10.2 Å². The highest BCUT2D eigenvalue weighted by molar-refractivity contribution is 5.91. The van der Waals surface area contributed by atoms with E-state index >= 15 is 0 Å². The highest BCUT2D eigenvalue weighted by atomic mass is 16.6. The number of likely N-dealkylation sites (tertiary alicyclic amines) is 1. The molecule has 8 heteroatoms. The van der Waals surface area contributed by atoms with Crippen molar-refractivity contribution in [2.24, 2.45) is 0 Å². The lowest BCUT2D eigenvalue weighted by atomic mass is 9.98. The van der Waals surface area contributed by atoms with Crippen molar-refractivity contribution in [3.63, 3.8) is 0 Å². The number of ether oxygens (including phenoxy) is 1. The second-order valence-corrected chi connectivity index (χ2v) is 8.71. The van der Waals surface area contributed by atoms with E-state index in [4.69, 9.17) is 4.74 Å². The van der Waals surface area contributed by atoms with Gasteiger partial charge in [-0.15, -0.1) is 10.2 Å². The van der Waals surface area contributed by atoms with Gasteiger partial charge in [-0.2, -0.15) is 0 Å². The topological polar surface area (TPSA) is 80.6 Å². The van der Waals surface area contributed by atoms with Gasteiger partial charge in [-0.3, -0.25) is 4.79 Å². The maximum Gasteiger partial charge on any atom is 0.410 e. The van der Waals surface area contributed by atoms with Crippen LogP contribution in [0.25, 0.3) is 0 Å². The Balaban J connectivity index is 1.83. The zero-order chi connectivity index (χ0) is 19.1. The number of rotatable bonds is 1. The Morgan fingerprint density at radius 1 is 1.04 bits per heavy atom. The van der Waals surface area contributed by atoms with Crippen LogP contribution in [-0.4, -0.2) is 67.3 Å². The molecule has 0 spiro atoms. The van der Waals surface area contributed by atoms with Crippen molar-refractivity contribution in [3.05, 3.63) is 11.6 Å². The summed E-state index contributed by atoms with van der Waals surface area (Å²) in [5.74, 6) is 1.05. The van der Waals surface area contributed by atoms with Crippen molar-refractivity contribution in [2.75, 3.05) is 19.6 Å². The van der Waals surface area contributed by atoms with Gasteiger partial charge in [0.05, 0.1) is 0 Å². The lowest BCUT2D eigenvalue weighted by Gasteiger charge is -2.37. The van der Waals surface area contributed by atoms with Crippen LogP contribution >= 0.6 is 0 Å². The quantitative estimate of drug-likeness (QED) is 0.763. The van der Waals surface area contributed by atoms with Gasteiger partial charge >= 0.3 is 6.09 Å². The summed E-state index contributed by atoms with van der Waals surface area (Å²) in [6.07, 6.45) is 2.25. The van der Waals surface area contributed by atoms with Crippen LogP contribution in [0.15, 0.2) is 0 Å². The SMILES string of the molecule is CC(C)(C)OC(=O)N1CCn2c(nnc2C(=O)N2CCCC2)CC1(C)C. The van der Waals surface area contributed by atoms with E-state index in [-0.39, 0.29) is 12.0 Å². The third-order valence-corrected chi connectivity index (χ3v) is 4.89. The molecule has 8 nitrogen and oxygen atoms in total. The van der Waals surface area contributed by atoms with Crippen LogP contribution in [0.4, 0.5) is 4.79 Å². The highest BCUT2D eigenvalue weighted by Gasteiger charge is 2.39. The number of carbonyl (C=O) groups is 2. The van der Waals surface area contributed by atoms with E-state index in [1.807, 2.05) is 44.1 Å². The van der Waals surface area contributed by atoms with E-state index in [0.29, 0.717) is 25.3 Å². The minimum absolute atomic E-state index is 0.0650. The van der Waals surface area contributed by atoms with Gasteiger partial charge in [0.15, 0.2) is 0 Å². The van der Waals surface area contributed by atoms with Gasteiger partial charge in [-0.05, 0) is 47.5 Å². The van der Waals surface area contributed by atoms with E-state index in [0.717, 1.165) is 31.8 Å². The molecule has 2 aliphatic heterocycles. The van der Waals surface area contributed by atoms with Crippen molar-refractivity contribution in [2.45, 2.75) is 71.6 Å². The van der Waals surface area contributed by atoms with Crippen LogP contribution in [0.3, 0.4) is 0 Å². The molecule has 26 heavy (non-hydrogen) atoms. The third kappa shape index (κ3) is 3.68. The van der Waals surface area contributed by atoms with Crippen LogP contribution in [0, 0.1) is 0 Å². The molecular weight excluding hydrogens is 334 g/mol. The second kappa shape index (κ2) is 6.55. The maximum absolute atomic E-state index is 12.8. The minimum atomic E-state index is -0.550. The molecule has 0 saturated carbocycles. The summed E-state index contributed by atoms with van der Waals surface area (Å²) in [5, 5.41) is 8.43. The lowest BCUT2D eigenvalue weighted by molar-refractivity contribution is 0.00407. The van der Waals surface area contributed by atoms with Crippen LogP contribution in [-0.2, 0) is 17.7 Å². The Morgan fingerprint density at radius 2 is 1.69 bits per heavy atom. The predicted molar refractivity (Wildman–Crippen MR) is 95.9 cm³/mol. The summed E-state index contributed by atoms with van der Waals surface area (Å²) >= 11 is 0. The molecule has 0 aromatic carbocycles. The first-order valence-corrected chi connectivity index (χ1v) is 9.30. The number of carbonyl (C=O) groups excluding carboxylic acids is 2. The molecule has 0 bridgehead atoms. The summed E-state index contributed by atoms with van der Waals surface area (Å²) in [6.45, 7) is 12.0. The molecule has 2 amide bonds. The van der Waals surface area contributed by atoms with Gasteiger partial charge in [0, 0.05) is 38.1 Å². The van der Waals surface area contributed by atoms with Gasteiger partial charge in [-0.25, -0.2) is 4.79 Å². The molecule has 3 rings (SSSR count). The normalized spacial score (nSPS) is 19.9. The third-order valence-electron chi connectivity index (χ3n) is 4.89. The first-order chi connectivity index (χ1) is 12.1. The van der Waals surface area contributed by atoms with Crippen molar-refractivity contribution in [3.8, 4) is 0 Å². The number of nitrogens with zero attached hydrogens (tertiary/aromatic N) is 5. The molecular formula is C18H29N5O3. The molecule has 2 aliphatic rings. The Kier molecular flexibility index (Phi) is 4.71. The Bertz CT molecular complexity index is 698. The molecule has 0 atom stereocenters. The van der Waals surface area contributed by atoms with Gasteiger partial charge < -0.3 is 19.1 Å². The van der Waals surface area contributed by atoms with Gasteiger partial charge in [-0.1, -0.05) is 0 Å². The summed E-state index contributed by atoms with van der Waals surface area (Å²) < 4.78 is 7.44. The molecule has 1 fully saturated rings. The monoisotopic (exact) mass is 363 g/mol. The van der Waals surface area contributed by atoms with Crippen molar-refractivity contribution < 1.29 is 14.3 Å². The Hall–Kier alpha value is -2.12. The molecule has 0 radical (unpaired) electrons. The number of fused-ring (bicyclic) bond motifs is 1. The zero-order valence-electron chi connectivity index (χ0n) is 16.4. The van der Waals surface area contributed by atoms with E-state index in [9.17, 15) is 9.59 Å². The number of amides is 2. The zero-order valence-corrected chi connectivity index (χ0v) is 16.4. The molecule has 0 N–H and O–H groups in total. The molecule has 144 valence electrons. The Morgan fingerprint density at radius 3 is 2.31 bits per heavy atom. The van der Waals surface area contributed by atoms with Crippen LogP contribution in [0.2, 0.25) is 0 Å². The molecule has 1 aromatic rings. The van der Waals surface area contributed by atoms with Gasteiger partial charge in [0.1, 0.15) is 11.4 Å². The molecule has 1 saturated heterocycles. The van der Waals surface area contributed by atoms with Crippen molar-refractivity contribution in [1.82, 2.24) is 24.6 Å². The number of hydrogen-bond acceptors (Lipinski definition) is 5. The largest absolute Gasteiger partial charge is 0.444 e. The second-order valence-electron chi connectivity index (χ2n) is 8.71. The molecule has 1 aromatic heterocycles. The fourth-order valence-electron chi connectivity index (χ4n) is 3.56. The first-order valence-electron chi connectivity index (χ1n) is 9.30. The average molecular weight is 363 g/mol. The highest BCUT2D eigenvalue weighted by Crippen LogP contribution is 2.26. The van der Waals surface area contributed by atoms with E-state index < -0.39 is 11.1 Å². The molecule has 0 aliphatic carbocycles. The fourth-order valence-corrected chi connectivity index (χ4v) is 3.56. The summed E-state index contributed by atoms with van der Waals surface area (Å²) in [5.41, 5.74) is -1.02. The Labute approximate surface area is 154 Å².